The summed E-state index contributed by atoms with van der Waals surface area (Å²) in [4.78, 5) is 0. The minimum atomic E-state index is -1.56. The zero-order valence-electron chi connectivity index (χ0n) is 14.3. The summed E-state index contributed by atoms with van der Waals surface area (Å²) in [5.41, 5.74) is 1.11. The van der Waals surface area contributed by atoms with Crippen molar-refractivity contribution in [3.63, 3.8) is 0 Å². The Bertz CT molecular complexity index is 659. The molecule has 2 aromatic carbocycles. The van der Waals surface area contributed by atoms with E-state index in [1.165, 1.54) is 5.19 Å². The predicted molar refractivity (Wildman–Crippen MR) is 99.9 cm³/mol. The van der Waals surface area contributed by atoms with Crippen molar-refractivity contribution in [1.82, 2.24) is 5.32 Å². The molecule has 0 radical (unpaired) electrons. The van der Waals surface area contributed by atoms with Gasteiger partial charge in [0.05, 0.1) is 8.07 Å². The fourth-order valence-electron chi connectivity index (χ4n) is 3.75. The molecular formula is C20H27NOSi. The molecule has 0 bridgehead atoms. The largest absolute Gasteiger partial charge is 0.379 e. The van der Waals surface area contributed by atoms with Crippen molar-refractivity contribution >= 4 is 13.3 Å². The lowest BCUT2D eigenvalue weighted by atomic mass is 9.79. The zero-order chi connectivity index (χ0) is 16.5. The average Bonchev–Trinajstić information content (AvgIpc) is 3.09. The molecular weight excluding hydrogens is 298 g/mol. The van der Waals surface area contributed by atoms with Crippen molar-refractivity contribution in [2.75, 3.05) is 6.54 Å². The van der Waals surface area contributed by atoms with Crippen LogP contribution in [0, 0.1) is 0 Å². The highest BCUT2D eigenvalue weighted by Crippen LogP contribution is 2.36. The van der Waals surface area contributed by atoms with Crippen LogP contribution in [0.2, 0.25) is 19.6 Å². The summed E-state index contributed by atoms with van der Waals surface area (Å²) < 4.78 is 0. The van der Waals surface area contributed by atoms with Gasteiger partial charge in [0.2, 0.25) is 0 Å². The van der Waals surface area contributed by atoms with Gasteiger partial charge in [-0.25, -0.2) is 0 Å². The van der Waals surface area contributed by atoms with Crippen molar-refractivity contribution in [3.8, 4) is 0 Å². The second-order valence-corrected chi connectivity index (χ2v) is 12.6. The molecule has 1 unspecified atom stereocenters. The van der Waals surface area contributed by atoms with Crippen LogP contribution < -0.4 is 10.5 Å². The van der Waals surface area contributed by atoms with Crippen LogP contribution in [-0.4, -0.2) is 25.8 Å². The van der Waals surface area contributed by atoms with Gasteiger partial charge in [0, 0.05) is 6.04 Å². The van der Waals surface area contributed by atoms with Crippen molar-refractivity contribution in [1.29, 1.82) is 0 Å². The standard InChI is InChI=1S/C20H27NOSi/c1-23(2,3)18-13-8-7-12-17(18)20(22,19-14-9-15-21-19)16-10-5-4-6-11-16/h4-8,10-13,19,21-22H,9,14-15H2,1-3H3/t19?,20-/m0/s1. The molecule has 2 nitrogen and oxygen atoms in total. The maximum Gasteiger partial charge on any atom is 0.130 e. The molecule has 0 saturated carbocycles. The van der Waals surface area contributed by atoms with E-state index in [4.69, 9.17) is 0 Å². The molecule has 1 aliphatic heterocycles. The lowest BCUT2D eigenvalue weighted by Gasteiger charge is -2.38. The van der Waals surface area contributed by atoms with Gasteiger partial charge in [-0.2, -0.15) is 0 Å². The summed E-state index contributed by atoms with van der Waals surface area (Å²) in [5.74, 6) is 0. The van der Waals surface area contributed by atoms with Gasteiger partial charge in [-0.3, -0.25) is 0 Å². The highest BCUT2D eigenvalue weighted by molar-refractivity contribution is 6.89. The smallest absolute Gasteiger partial charge is 0.130 e. The summed E-state index contributed by atoms with van der Waals surface area (Å²) in [6, 6.07) is 18.7. The molecule has 1 aliphatic rings. The Kier molecular flexibility index (Phi) is 4.45. The number of nitrogens with one attached hydrogen (secondary N) is 1. The number of hydrogen-bond donors (Lipinski definition) is 2. The Morgan fingerprint density at radius 1 is 1.00 bits per heavy atom. The zero-order valence-corrected chi connectivity index (χ0v) is 15.3. The molecule has 2 N–H and O–H groups in total. The molecule has 0 aromatic heterocycles. The third kappa shape index (κ3) is 3.01. The van der Waals surface area contributed by atoms with E-state index in [2.05, 4.69) is 61.4 Å². The van der Waals surface area contributed by atoms with Crippen molar-refractivity contribution < 1.29 is 5.11 Å². The fourth-order valence-corrected chi connectivity index (χ4v) is 5.43. The normalized spacial score (nSPS) is 21.1. The molecule has 1 fully saturated rings. The van der Waals surface area contributed by atoms with Crippen LogP contribution in [-0.2, 0) is 5.60 Å². The first-order valence-electron chi connectivity index (χ1n) is 8.55. The number of hydrogen-bond acceptors (Lipinski definition) is 2. The van der Waals surface area contributed by atoms with Crippen LogP contribution in [0.3, 0.4) is 0 Å². The topological polar surface area (TPSA) is 32.3 Å². The first-order chi connectivity index (χ1) is 10.9. The molecule has 3 heteroatoms. The molecule has 1 heterocycles. The maximum atomic E-state index is 12.0. The summed E-state index contributed by atoms with van der Waals surface area (Å²) in [5, 5.41) is 16.8. The quantitative estimate of drug-likeness (QED) is 0.846. The van der Waals surface area contributed by atoms with Gasteiger partial charge < -0.3 is 10.4 Å². The summed E-state index contributed by atoms with van der Waals surface area (Å²) >= 11 is 0. The van der Waals surface area contributed by atoms with E-state index in [-0.39, 0.29) is 6.04 Å². The van der Waals surface area contributed by atoms with Gasteiger partial charge in [-0.1, -0.05) is 79.4 Å². The van der Waals surface area contributed by atoms with Gasteiger partial charge in [-0.15, -0.1) is 0 Å². The van der Waals surface area contributed by atoms with Crippen LogP contribution in [0.1, 0.15) is 24.0 Å². The van der Waals surface area contributed by atoms with Crippen molar-refractivity contribution in [2.24, 2.45) is 0 Å². The van der Waals surface area contributed by atoms with Crippen LogP contribution in [0.4, 0.5) is 0 Å². The first kappa shape index (κ1) is 16.4. The third-order valence-electron chi connectivity index (χ3n) is 4.92. The minimum absolute atomic E-state index is 0.0717. The van der Waals surface area contributed by atoms with Crippen LogP contribution in [0.25, 0.3) is 0 Å². The lowest BCUT2D eigenvalue weighted by Crippen LogP contribution is -2.52. The number of aliphatic hydroxyl groups is 1. The van der Waals surface area contributed by atoms with Crippen LogP contribution in [0.5, 0.6) is 0 Å². The second kappa shape index (κ2) is 6.23. The molecule has 0 amide bonds. The summed E-state index contributed by atoms with van der Waals surface area (Å²) in [7, 11) is -1.56. The second-order valence-electron chi connectivity index (χ2n) is 7.58. The van der Waals surface area contributed by atoms with Crippen molar-refractivity contribution in [3.05, 3.63) is 65.7 Å². The molecule has 0 aliphatic carbocycles. The van der Waals surface area contributed by atoms with E-state index in [1.807, 2.05) is 18.2 Å². The SMILES string of the molecule is C[Si](C)(C)c1ccccc1[C@@](O)(c1ccccc1)C1CCCN1. The Labute approximate surface area is 140 Å². The molecule has 0 spiro atoms. The van der Waals surface area contributed by atoms with E-state index < -0.39 is 13.7 Å². The Balaban J connectivity index is 2.21. The number of rotatable bonds is 4. The lowest BCUT2D eigenvalue weighted by molar-refractivity contribution is 0.0451. The monoisotopic (exact) mass is 325 g/mol. The van der Waals surface area contributed by atoms with Crippen LogP contribution in [0.15, 0.2) is 54.6 Å². The summed E-state index contributed by atoms with van der Waals surface area (Å²) in [6.07, 6.45) is 2.13. The van der Waals surface area contributed by atoms with Gasteiger partial charge in [0.15, 0.2) is 0 Å². The highest BCUT2D eigenvalue weighted by Gasteiger charge is 2.43. The number of benzene rings is 2. The minimum Gasteiger partial charge on any atom is -0.379 e. The van der Waals surface area contributed by atoms with E-state index in [0.29, 0.717) is 0 Å². The Hall–Kier alpha value is -1.42. The molecule has 2 atom stereocenters. The third-order valence-corrected chi connectivity index (χ3v) is 6.98. The van der Waals surface area contributed by atoms with Crippen molar-refractivity contribution in [2.45, 2.75) is 44.1 Å². The highest BCUT2D eigenvalue weighted by atomic mass is 28.3. The van der Waals surface area contributed by atoms with E-state index in [1.54, 1.807) is 0 Å². The summed E-state index contributed by atoms with van der Waals surface area (Å²) in [6.45, 7) is 8.02. The maximum absolute atomic E-state index is 12.0. The Morgan fingerprint density at radius 2 is 1.65 bits per heavy atom. The molecule has 2 aromatic rings. The van der Waals surface area contributed by atoms with E-state index in [0.717, 1.165) is 30.5 Å². The van der Waals surface area contributed by atoms with Gasteiger partial charge >= 0.3 is 0 Å². The van der Waals surface area contributed by atoms with Crippen LogP contribution >= 0.6 is 0 Å². The predicted octanol–water partition coefficient (Wildman–Crippen LogP) is 3.22. The molecule has 1 saturated heterocycles. The average molecular weight is 326 g/mol. The van der Waals surface area contributed by atoms with E-state index >= 15 is 0 Å². The first-order valence-corrected chi connectivity index (χ1v) is 12.1. The van der Waals surface area contributed by atoms with E-state index in [9.17, 15) is 5.11 Å². The molecule has 122 valence electrons. The molecule has 23 heavy (non-hydrogen) atoms. The van der Waals surface area contributed by atoms with Gasteiger partial charge in [0.1, 0.15) is 5.60 Å². The van der Waals surface area contributed by atoms with Gasteiger partial charge in [-0.05, 0) is 30.5 Å². The molecule has 3 rings (SSSR count). The van der Waals surface area contributed by atoms with Gasteiger partial charge in [0.25, 0.3) is 0 Å². The Morgan fingerprint density at radius 3 is 2.26 bits per heavy atom. The fraction of sp³-hybridized carbons (Fsp3) is 0.400.